The standard InChI is InChI=1S/C16H36OSi/c1-16(2)14-12-10-8-6-7-9-11-13-15-17-18(3,4)5/h16H,6-15H2,1-5H3. The van der Waals surface area contributed by atoms with Gasteiger partial charge in [0.05, 0.1) is 0 Å². The molecule has 0 aliphatic heterocycles. The van der Waals surface area contributed by atoms with Crippen molar-refractivity contribution in [1.29, 1.82) is 0 Å². The Morgan fingerprint density at radius 1 is 0.722 bits per heavy atom. The van der Waals surface area contributed by atoms with Gasteiger partial charge in [0.2, 0.25) is 0 Å². The lowest BCUT2D eigenvalue weighted by Gasteiger charge is -2.16. The van der Waals surface area contributed by atoms with E-state index in [1.165, 1.54) is 57.8 Å². The van der Waals surface area contributed by atoms with Crippen LogP contribution in [0.1, 0.15) is 71.6 Å². The summed E-state index contributed by atoms with van der Waals surface area (Å²) in [5, 5.41) is 0. The zero-order valence-corrected chi connectivity index (χ0v) is 14.6. The van der Waals surface area contributed by atoms with Crippen LogP contribution in [0.3, 0.4) is 0 Å². The molecule has 0 radical (unpaired) electrons. The molecule has 0 saturated carbocycles. The maximum atomic E-state index is 5.85. The van der Waals surface area contributed by atoms with Crippen LogP contribution in [0.4, 0.5) is 0 Å². The monoisotopic (exact) mass is 272 g/mol. The average molecular weight is 273 g/mol. The maximum Gasteiger partial charge on any atom is 0.183 e. The first-order valence-corrected chi connectivity index (χ1v) is 11.5. The van der Waals surface area contributed by atoms with Gasteiger partial charge in [-0.3, -0.25) is 0 Å². The first-order valence-electron chi connectivity index (χ1n) is 8.06. The highest BCUT2D eigenvalue weighted by Crippen LogP contribution is 2.13. The SMILES string of the molecule is CC(C)CCCCCCCCCCO[Si](C)(C)C. The third-order valence-electron chi connectivity index (χ3n) is 3.21. The van der Waals surface area contributed by atoms with Gasteiger partial charge in [-0.25, -0.2) is 0 Å². The summed E-state index contributed by atoms with van der Waals surface area (Å²) >= 11 is 0. The minimum atomic E-state index is -1.26. The van der Waals surface area contributed by atoms with E-state index in [1.807, 2.05) is 0 Å². The van der Waals surface area contributed by atoms with Crippen LogP contribution in [0.2, 0.25) is 19.6 Å². The van der Waals surface area contributed by atoms with Crippen LogP contribution in [-0.2, 0) is 4.43 Å². The van der Waals surface area contributed by atoms with E-state index in [9.17, 15) is 0 Å². The summed E-state index contributed by atoms with van der Waals surface area (Å²) in [6.07, 6.45) is 12.6. The summed E-state index contributed by atoms with van der Waals surface area (Å²) in [6.45, 7) is 12.4. The van der Waals surface area contributed by atoms with E-state index in [0.29, 0.717) is 0 Å². The van der Waals surface area contributed by atoms with Crippen molar-refractivity contribution in [2.45, 2.75) is 91.3 Å². The first kappa shape index (κ1) is 18.2. The number of hydrogen-bond donors (Lipinski definition) is 0. The quantitative estimate of drug-likeness (QED) is 0.312. The Balaban J connectivity index is 3.04. The Labute approximate surface area is 117 Å². The molecule has 0 aliphatic carbocycles. The lowest BCUT2D eigenvalue weighted by molar-refractivity contribution is 0.298. The van der Waals surface area contributed by atoms with E-state index in [4.69, 9.17) is 4.43 Å². The van der Waals surface area contributed by atoms with Crippen LogP contribution in [-0.4, -0.2) is 14.9 Å². The topological polar surface area (TPSA) is 9.23 Å². The second-order valence-electron chi connectivity index (χ2n) is 6.97. The van der Waals surface area contributed by atoms with Crippen LogP contribution in [0.25, 0.3) is 0 Å². The largest absolute Gasteiger partial charge is 0.418 e. The third kappa shape index (κ3) is 16.2. The Morgan fingerprint density at radius 3 is 1.61 bits per heavy atom. The van der Waals surface area contributed by atoms with Crippen LogP contribution >= 0.6 is 0 Å². The van der Waals surface area contributed by atoms with E-state index in [1.54, 1.807) is 0 Å². The van der Waals surface area contributed by atoms with Crippen molar-refractivity contribution in [3.05, 3.63) is 0 Å². The van der Waals surface area contributed by atoms with Crippen molar-refractivity contribution in [3.63, 3.8) is 0 Å². The van der Waals surface area contributed by atoms with Gasteiger partial charge in [-0.15, -0.1) is 0 Å². The predicted molar refractivity (Wildman–Crippen MR) is 85.7 cm³/mol. The van der Waals surface area contributed by atoms with Gasteiger partial charge < -0.3 is 4.43 Å². The molecular formula is C16H36OSi. The molecule has 0 aliphatic rings. The zero-order chi connectivity index (χ0) is 13.9. The van der Waals surface area contributed by atoms with Gasteiger partial charge in [-0.2, -0.15) is 0 Å². The van der Waals surface area contributed by atoms with E-state index in [2.05, 4.69) is 33.5 Å². The van der Waals surface area contributed by atoms with Crippen molar-refractivity contribution in [3.8, 4) is 0 Å². The lowest BCUT2D eigenvalue weighted by atomic mass is 10.0. The molecule has 0 atom stereocenters. The molecule has 0 rings (SSSR count). The fraction of sp³-hybridized carbons (Fsp3) is 1.00. The number of unbranched alkanes of at least 4 members (excludes halogenated alkanes) is 7. The van der Waals surface area contributed by atoms with Gasteiger partial charge in [0, 0.05) is 6.61 Å². The van der Waals surface area contributed by atoms with Crippen molar-refractivity contribution >= 4 is 8.32 Å². The zero-order valence-electron chi connectivity index (χ0n) is 13.6. The number of hydrogen-bond acceptors (Lipinski definition) is 1. The molecule has 0 spiro atoms. The molecule has 18 heavy (non-hydrogen) atoms. The van der Waals surface area contributed by atoms with E-state index >= 15 is 0 Å². The normalized spacial score (nSPS) is 12.3. The molecule has 110 valence electrons. The van der Waals surface area contributed by atoms with Gasteiger partial charge in [-0.1, -0.05) is 65.2 Å². The highest BCUT2D eigenvalue weighted by atomic mass is 28.4. The molecule has 0 saturated heterocycles. The summed E-state index contributed by atoms with van der Waals surface area (Å²) in [5.41, 5.74) is 0. The fourth-order valence-electron chi connectivity index (χ4n) is 2.09. The second kappa shape index (κ2) is 11.0. The predicted octanol–water partition coefficient (Wildman–Crippen LogP) is 6.00. The maximum absolute atomic E-state index is 5.85. The molecule has 2 heteroatoms. The molecule has 0 fully saturated rings. The molecule has 0 aromatic heterocycles. The minimum absolute atomic E-state index is 0.886. The van der Waals surface area contributed by atoms with E-state index in [0.717, 1.165) is 12.5 Å². The molecule has 0 unspecified atom stereocenters. The fourth-order valence-corrected chi connectivity index (χ4v) is 2.85. The summed E-state index contributed by atoms with van der Waals surface area (Å²) in [7, 11) is -1.26. The number of rotatable bonds is 12. The lowest BCUT2D eigenvalue weighted by Crippen LogP contribution is -2.25. The van der Waals surface area contributed by atoms with E-state index < -0.39 is 8.32 Å². The van der Waals surface area contributed by atoms with Gasteiger partial charge >= 0.3 is 0 Å². The summed E-state index contributed by atoms with van der Waals surface area (Å²) in [5.74, 6) is 0.886. The summed E-state index contributed by atoms with van der Waals surface area (Å²) in [6, 6.07) is 0. The smallest absolute Gasteiger partial charge is 0.183 e. The molecular weight excluding hydrogens is 236 g/mol. The Kier molecular flexibility index (Phi) is 11.1. The average Bonchev–Trinajstić information content (AvgIpc) is 2.24. The molecule has 0 N–H and O–H groups in total. The molecule has 0 heterocycles. The highest BCUT2D eigenvalue weighted by molar-refractivity contribution is 6.69. The highest BCUT2D eigenvalue weighted by Gasteiger charge is 2.12. The summed E-state index contributed by atoms with van der Waals surface area (Å²) < 4.78 is 5.85. The van der Waals surface area contributed by atoms with Gasteiger partial charge in [0.25, 0.3) is 0 Å². The Bertz CT molecular complexity index is 172. The van der Waals surface area contributed by atoms with Crippen LogP contribution in [0, 0.1) is 5.92 Å². The van der Waals surface area contributed by atoms with Crippen molar-refractivity contribution in [2.75, 3.05) is 6.61 Å². The first-order chi connectivity index (χ1) is 8.42. The van der Waals surface area contributed by atoms with Crippen LogP contribution < -0.4 is 0 Å². The van der Waals surface area contributed by atoms with Gasteiger partial charge in [0.1, 0.15) is 0 Å². The molecule has 0 aromatic carbocycles. The van der Waals surface area contributed by atoms with Crippen molar-refractivity contribution in [1.82, 2.24) is 0 Å². The third-order valence-corrected chi connectivity index (χ3v) is 4.28. The molecule has 1 nitrogen and oxygen atoms in total. The second-order valence-corrected chi connectivity index (χ2v) is 11.5. The van der Waals surface area contributed by atoms with Crippen LogP contribution in [0.5, 0.6) is 0 Å². The van der Waals surface area contributed by atoms with E-state index in [-0.39, 0.29) is 0 Å². The molecule has 0 amide bonds. The van der Waals surface area contributed by atoms with Crippen molar-refractivity contribution in [2.24, 2.45) is 5.92 Å². The minimum Gasteiger partial charge on any atom is -0.418 e. The summed E-state index contributed by atoms with van der Waals surface area (Å²) in [4.78, 5) is 0. The molecule has 0 bridgehead atoms. The van der Waals surface area contributed by atoms with Crippen molar-refractivity contribution < 1.29 is 4.43 Å². The Hall–Kier alpha value is 0.177. The Morgan fingerprint density at radius 2 is 1.17 bits per heavy atom. The molecule has 0 aromatic rings. The van der Waals surface area contributed by atoms with Gasteiger partial charge in [-0.05, 0) is 32.0 Å². The van der Waals surface area contributed by atoms with Gasteiger partial charge in [0.15, 0.2) is 8.32 Å². The van der Waals surface area contributed by atoms with Crippen LogP contribution in [0.15, 0.2) is 0 Å².